The van der Waals surface area contributed by atoms with Crippen LogP contribution < -0.4 is 0 Å². The van der Waals surface area contributed by atoms with E-state index in [9.17, 15) is 0 Å². The molecule has 7 nitrogen and oxygen atoms in total. The third-order valence-electron chi connectivity index (χ3n) is 5.03. The second-order valence-electron chi connectivity index (χ2n) is 9.97. The van der Waals surface area contributed by atoms with E-state index in [1.165, 1.54) is 0 Å². The van der Waals surface area contributed by atoms with E-state index < -0.39 is 0 Å². The summed E-state index contributed by atoms with van der Waals surface area (Å²) in [6.45, 7) is 16.8. The molecule has 1 aromatic rings. The molecule has 7 heteroatoms. The second-order valence-corrected chi connectivity index (χ2v) is 9.97. The first kappa shape index (κ1) is 31.1. The quantitative estimate of drug-likeness (QED) is 0.333. The molecule has 0 unspecified atom stereocenters. The van der Waals surface area contributed by atoms with Gasteiger partial charge in [-0.25, -0.2) is 4.98 Å². The van der Waals surface area contributed by atoms with Gasteiger partial charge in [-0.3, -0.25) is 25.0 Å². The highest BCUT2D eigenvalue weighted by atomic mass is 14.9. The fourth-order valence-corrected chi connectivity index (χ4v) is 2.75. The average molecular weight is 494 g/mol. The number of nitrogens with zero attached hydrogens (tertiary/aromatic N) is 6. The molecule has 0 bridgehead atoms. The third kappa shape index (κ3) is 18.4. The van der Waals surface area contributed by atoms with Gasteiger partial charge in [0.25, 0.3) is 0 Å². The van der Waals surface area contributed by atoms with E-state index in [1.807, 2.05) is 30.8 Å². The van der Waals surface area contributed by atoms with Crippen molar-refractivity contribution in [2.75, 3.05) is 26.2 Å². The molecule has 36 heavy (non-hydrogen) atoms. The number of rotatable bonds is 12. The van der Waals surface area contributed by atoms with E-state index in [0.717, 1.165) is 86.8 Å². The Hall–Kier alpha value is -2.96. The van der Waals surface area contributed by atoms with Gasteiger partial charge in [-0.2, -0.15) is 0 Å². The van der Waals surface area contributed by atoms with Crippen LogP contribution in [0.2, 0.25) is 0 Å². The van der Waals surface area contributed by atoms with Crippen molar-refractivity contribution in [3.63, 3.8) is 0 Å². The zero-order valence-corrected chi connectivity index (χ0v) is 23.3. The molecule has 2 aliphatic heterocycles. The van der Waals surface area contributed by atoms with Crippen LogP contribution in [0.15, 0.2) is 61.3 Å². The van der Waals surface area contributed by atoms with Crippen LogP contribution in [0.3, 0.4) is 0 Å². The van der Waals surface area contributed by atoms with Crippen LogP contribution in [0.4, 0.5) is 0 Å². The van der Waals surface area contributed by atoms with Crippen LogP contribution in [0.1, 0.15) is 73.1 Å². The molecular weight excluding hydrogens is 446 g/mol. The average Bonchev–Trinajstić information content (AvgIpc) is 3.62. The number of aliphatic imine (C=N–C) groups is 5. The topological polar surface area (TPSA) is 90.5 Å². The normalized spacial score (nSPS) is 14.8. The highest BCUT2D eigenvalue weighted by molar-refractivity contribution is 6.36. The molecule has 0 saturated carbocycles. The Bertz CT molecular complexity index is 835. The summed E-state index contributed by atoms with van der Waals surface area (Å²) >= 11 is 0. The molecule has 0 atom stereocenters. The van der Waals surface area contributed by atoms with Gasteiger partial charge in [0, 0.05) is 57.1 Å². The fraction of sp³-hybridized carbons (Fsp3) is 0.586. The van der Waals surface area contributed by atoms with Crippen molar-refractivity contribution < 1.29 is 0 Å². The number of aromatic amines is 1. The number of nitrogens with one attached hydrogen (secondary N) is 1. The number of hydrogen-bond acceptors (Lipinski definition) is 6. The van der Waals surface area contributed by atoms with E-state index in [0.29, 0.717) is 0 Å². The van der Waals surface area contributed by atoms with Crippen LogP contribution in [0.5, 0.6) is 0 Å². The maximum Gasteiger partial charge on any atom is 0.147 e. The van der Waals surface area contributed by atoms with Crippen LogP contribution in [-0.4, -0.2) is 66.7 Å². The van der Waals surface area contributed by atoms with Crippen LogP contribution >= 0.6 is 0 Å². The predicted molar refractivity (Wildman–Crippen MR) is 159 cm³/mol. The molecule has 1 aromatic heterocycles. The SMILES string of the molecule is CC(C)CCN=CC1=CCC=N1.CC(C)CCN=CC1=NCC=C1.CC(C)CCN=Cc1ncc[nH]1. The molecule has 1 N–H and O–H groups in total. The maximum absolute atomic E-state index is 4.29. The van der Waals surface area contributed by atoms with Gasteiger partial charge in [0.2, 0.25) is 0 Å². The largest absolute Gasteiger partial charge is 0.344 e. The Morgan fingerprint density at radius 1 is 0.861 bits per heavy atom. The van der Waals surface area contributed by atoms with Crippen molar-refractivity contribution in [3.05, 3.63) is 42.1 Å². The minimum Gasteiger partial charge on any atom is -0.344 e. The van der Waals surface area contributed by atoms with Gasteiger partial charge in [0.1, 0.15) is 5.82 Å². The number of hydrogen-bond donors (Lipinski definition) is 1. The Morgan fingerprint density at radius 2 is 1.47 bits per heavy atom. The monoisotopic (exact) mass is 493 g/mol. The first-order valence-corrected chi connectivity index (χ1v) is 13.3. The van der Waals surface area contributed by atoms with Crippen LogP contribution in [0, 0.1) is 17.8 Å². The molecule has 3 heterocycles. The lowest BCUT2D eigenvalue weighted by Crippen LogP contribution is -1.95. The lowest BCUT2D eigenvalue weighted by Gasteiger charge is -1.98. The molecule has 0 spiro atoms. The summed E-state index contributed by atoms with van der Waals surface area (Å²) in [5.74, 6) is 3.03. The van der Waals surface area contributed by atoms with E-state index in [1.54, 1.807) is 18.6 Å². The van der Waals surface area contributed by atoms with Gasteiger partial charge in [-0.05, 0) is 43.1 Å². The minimum atomic E-state index is 0.721. The molecule has 0 aliphatic carbocycles. The third-order valence-corrected chi connectivity index (χ3v) is 5.03. The van der Waals surface area contributed by atoms with Gasteiger partial charge >= 0.3 is 0 Å². The zero-order chi connectivity index (χ0) is 26.4. The number of allylic oxidation sites excluding steroid dienone is 3. The Balaban J connectivity index is 0.000000270. The molecule has 0 radical (unpaired) electrons. The molecule has 0 saturated heterocycles. The molecule has 198 valence electrons. The molecule has 0 fully saturated rings. The number of aromatic nitrogens is 2. The zero-order valence-electron chi connectivity index (χ0n) is 23.3. The summed E-state index contributed by atoms with van der Waals surface area (Å²) in [4.78, 5) is 28.1. The summed E-state index contributed by atoms with van der Waals surface area (Å²) in [6, 6.07) is 0. The standard InChI is InChI=1S/2C10H16N2.C9H15N3/c2*1-9(2)5-7-11-8-10-4-3-6-12-10;1-8(2)3-4-10-7-9-11-5-6-12-9/h4,6,8-9H,3,5,7H2,1-2H3;3-4,8-9H,5-7H2,1-2H3;5-8H,3-4H2,1-2H3,(H,11,12). The van der Waals surface area contributed by atoms with Crippen molar-refractivity contribution in [1.82, 2.24) is 9.97 Å². The first-order chi connectivity index (χ1) is 17.4. The van der Waals surface area contributed by atoms with Crippen LogP contribution in [0.25, 0.3) is 0 Å². The van der Waals surface area contributed by atoms with Crippen molar-refractivity contribution in [2.24, 2.45) is 42.7 Å². The van der Waals surface area contributed by atoms with E-state index in [4.69, 9.17) is 0 Å². The van der Waals surface area contributed by atoms with E-state index in [2.05, 4.69) is 82.5 Å². The summed E-state index contributed by atoms with van der Waals surface area (Å²) in [5.41, 5.74) is 2.03. The van der Waals surface area contributed by atoms with Gasteiger partial charge in [0.05, 0.1) is 24.2 Å². The molecule has 2 aliphatic rings. The number of H-pyrrole nitrogens is 1. The van der Waals surface area contributed by atoms with Crippen molar-refractivity contribution in [3.8, 4) is 0 Å². The first-order valence-electron chi connectivity index (χ1n) is 13.3. The molecule has 0 amide bonds. The Kier molecular flexibility index (Phi) is 17.5. The van der Waals surface area contributed by atoms with Gasteiger partial charge in [-0.1, -0.05) is 53.7 Å². The van der Waals surface area contributed by atoms with Crippen molar-refractivity contribution in [1.29, 1.82) is 0 Å². The molecular formula is C29H47N7. The summed E-state index contributed by atoms with van der Waals surface area (Å²) in [5, 5.41) is 0. The predicted octanol–water partition coefficient (Wildman–Crippen LogP) is 6.45. The fourth-order valence-electron chi connectivity index (χ4n) is 2.75. The summed E-state index contributed by atoms with van der Waals surface area (Å²) in [7, 11) is 0. The Labute approximate surface area is 218 Å². The van der Waals surface area contributed by atoms with Crippen molar-refractivity contribution in [2.45, 2.75) is 67.2 Å². The van der Waals surface area contributed by atoms with Gasteiger partial charge in [-0.15, -0.1) is 0 Å². The van der Waals surface area contributed by atoms with Crippen molar-refractivity contribution >= 4 is 30.6 Å². The molecule has 3 rings (SSSR count). The lowest BCUT2D eigenvalue weighted by molar-refractivity contribution is 0.597. The maximum atomic E-state index is 4.29. The van der Waals surface area contributed by atoms with Crippen LogP contribution in [-0.2, 0) is 0 Å². The number of imidazole rings is 1. The molecule has 0 aromatic carbocycles. The highest BCUT2D eigenvalue weighted by Crippen LogP contribution is 2.03. The smallest absolute Gasteiger partial charge is 0.147 e. The van der Waals surface area contributed by atoms with E-state index in [-0.39, 0.29) is 0 Å². The lowest BCUT2D eigenvalue weighted by atomic mass is 10.1. The second kappa shape index (κ2) is 20.3. The minimum absolute atomic E-state index is 0.721. The van der Waals surface area contributed by atoms with Gasteiger partial charge < -0.3 is 4.98 Å². The van der Waals surface area contributed by atoms with E-state index >= 15 is 0 Å². The summed E-state index contributed by atoms with van der Waals surface area (Å²) < 4.78 is 0. The highest BCUT2D eigenvalue weighted by Gasteiger charge is 1.95. The summed E-state index contributed by atoms with van der Waals surface area (Å²) in [6.07, 6.45) is 21.5. The Morgan fingerprint density at radius 3 is 1.94 bits per heavy atom. The van der Waals surface area contributed by atoms with Gasteiger partial charge in [0.15, 0.2) is 0 Å².